The van der Waals surface area contributed by atoms with Crippen molar-refractivity contribution in [3.63, 3.8) is 0 Å². The quantitative estimate of drug-likeness (QED) is 0.496. The van der Waals surface area contributed by atoms with Gasteiger partial charge in [0.15, 0.2) is 6.61 Å². The van der Waals surface area contributed by atoms with Crippen LogP contribution in [0.5, 0.6) is 5.75 Å². The Morgan fingerprint density at radius 2 is 2.38 bits per heavy atom. The van der Waals surface area contributed by atoms with Gasteiger partial charge in [0, 0.05) is 13.2 Å². The van der Waals surface area contributed by atoms with E-state index in [9.17, 15) is 4.79 Å². The average molecular weight is 221 g/mol. The van der Waals surface area contributed by atoms with E-state index in [1.807, 2.05) is 18.2 Å². The van der Waals surface area contributed by atoms with Gasteiger partial charge in [-0.1, -0.05) is 6.07 Å². The molecule has 0 fully saturated rings. The number of anilines is 1. The van der Waals surface area contributed by atoms with Gasteiger partial charge in [0.25, 0.3) is 5.91 Å². The van der Waals surface area contributed by atoms with Crippen molar-refractivity contribution in [2.24, 2.45) is 5.73 Å². The SMILES string of the molecule is NCNCCc1ccc2c(c1)NC(=O)CO2. The fourth-order valence-electron chi connectivity index (χ4n) is 1.62. The highest BCUT2D eigenvalue weighted by Crippen LogP contribution is 2.28. The monoisotopic (exact) mass is 221 g/mol. The van der Waals surface area contributed by atoms with Crippen LogP contribution >= 0.6 is 0 Å². The van der Waals surface area contributed by atoms with Gasteiger partial charge in [-0.25, -0.2) is 0 Å². The molecule has 1 aromatic carbocycles. The van der Waals surface area contributed by atoms with E-state index < -0.39 is 0 Å². The van der Waals surface area contributed by atoms with Gasteiger partial charge < -0.3 is 21.1 Å². The van der Waals surface area contributed by atoms with Crippen molar-refractivity contribution in [1.82, 2.24) is 5.32 Å². The largest absolute Gasteiger partial charge is 0.482 e. The van der Waals surface area contributed by atoms with Crippen molar-refractivity contribution in [3.8, 4) is 5.75 Å². The molecule has 0 unspecified atom stereocenters. The van der Waals surface area contributed by atoms with Gasteiger partial charge in [0.2, 0.25) is 0 Å². The molecule has 2 rings (SSSR count). The minimum Gasteiger partial charge on any atom is -0.482 e. The Kier molecular flexibility index (Phi) is 3.38. The van der Waals surface area contributed by atoms with Crippen molar-refractivity contribution in [2.75, 3.05) is 25.1 Å². The number of rotatable bonds is 4. The van der Waals surface area contributed by atoms with Crippen LogP contribution in [0, 0.1) is 0 Å². The maximum absolute atomic E-state index is 11.1. The van der Waals surface area contributed by atoms with E-state index in [1.54, 1.807) is 0 Å². The molecular weight excluding hydrogens is 206 g/mol. The maximum atomic E-state index is 11.1. The van der Waals surface area contributed by atoms with E-state index in [2.05, 4.69) is 10.6 Å². The Hall–Kier alpha value is -1.59. The first-order valence-corrected chi connectivity index (χ1v) is 5.26. The highest BCUT2D eigenvalue weighted by molar-refractivity contribution is 5.95. The van der Waals surface area contributed by atoms with Crippen LogP contribution in [0.3, 0.4) is 0 Å². The van der Waals surface area contributed by atoms with Crippen molar-refractivity contribution in [1.29, 1.82) is 0 Å². The molecule has 0 aliphatic carbocycles. The fourth-order valence-corrected chi connectivity index (χ4v) is 1.62. The highest BCUT2D eigenvalue weighted by atomic mass is 16.5. The van der Waals surface area contributed by atoms with Gasteiger partial charge in [-0.15, -0.1) is 0 Å². The van der Waals surface area contributed by atoms with Crippen LogP contribution in [-0.2, 0) is 11.2 Å². The molecule has 5 heteroatoms. The first-order valence-electron chi connectivity index (χ1n) is 5.26. The minimum atomic E-state index is -0.107. The summed E-state index contributed by atoms with van der Waals surface area (Å²) in [4.78, 5) is 11.1. The molecule has 0 saturated carbocycles. The number of ether oxygens (including phenoxy) is 1. The van der Waals surface area contributed by atoms with E-state index in [0.29, 0.717) is 6.67 Å². The van der Waals surface area contributed by atoms with Crippen LogP contribution in [0.2, 0.25) is 0 Å². The van der Waals surface area contributed by atoms with Crippen LogP contribution in [-0.4, -0.2) is 25.7 Å². The van der Waals surface area contributed by atoms with Gasteiger partial charge in [-0.05, 0) is 24.1 Å². The van der Waals surface area contributed by atoms with Gasteiger partial charge in [0.05, 0.1) is 5.69 Å². The molecule has 1 aromatic rings. The number of hydrogen-bond acceptors (Lipinski definition) is 4. The predicted octanol–water partition coefficient (Wildman–Crippen LogP) is 0.0658. The molecule has 0 atom stereocenters. The van der Waals surface area contributed by atoms with Crippen LogP contribution in [0.1, 0.15) is 5.56 Å². The summed E-state index contributed by atoms with van der Waals surface area (Å²) >= 11 is 0. The lowest BCUT2D eigenvalue weighted by Gasteiger charge is -2.18. The smallest absolute Gasteiger partial charge is 0.262 e. The summed E-state index contributed by atoms with van der Waals surface area (Å²) in [6, 6.07) is 5.81. The second-order valence-corrected chi connectivity index (χ2v) is 3.62. The summed E-state index contributed by atoms with van der Waals surface area (Å²) in [5, 5.41) is 5.83. The summed E-state index contributed by atoms with van der Waals surface area (Å²) in [5.41, 5.74) is 7.23. The zero-order valence-corrected chi connectivity index (χ0v) is 8.95. The molecule has 0 bridgehead atoms. The Bertz CT molecular complexity index is 393. The van der Waals surface area contributed by atoms with Gasteiger partial charge in [-0.3, -0.25) is 4.79 Å². The van der Waals surface area contributed by atoms with E-state index >= 15 is 0 Å². The molecule has 1 aliphatic rings. The first kappa shape index (κ1) is 10.9. The number of carbonyl (C=O) groups is 1. The molecule has 1 heterocycles. The number of carbonyl (C=O) groups excluding carboxylic acids is 1. The molecule has 1 aliphatic heterocycles. The third kappa shape index (κ3) is 2.50. The molecule has 1 amide bonds. The van der Waals surface area contributed by atoms with Crippen LogP contribution < -0.4 is 21.1 Å². The van der Waals surface area contributed by atoms with Gasteiger partial charge >= 0.3 is 0 Å². The lowest BCUT2D eigenvalue weighted by Crippen LogP contribution is -2.26. The Morgan fingerprint density at radius 3 is 3.19 bits per heavy atom. The molecule has 0 aromatic heterocycles. The molecule has 0 spiro atoms. The van der Waals surface area contributed by atoms with Gasteiger partial charge in [-0.2, -0.15) is 0 Å². The number of nitrogens with one attached hydrogen (secondary N) is 2. The number of hydrogen-bond donors (Lipinski definition) is 3. The topological polar surface area (TPSA) is 76.4 Å². The summed E-state index contributed by atoms with van der Waals surface area (Å²) in [6.45, 7) is 1.40. The summed E-state index contributed by atoms with van der Waals surface area (Å²) in [6.07, 6.45) is 0.875. The third-order valence-corrected chi connectivity index (χ3v) is 2.41. The molecule has 16 heavy (non-hydrogen) atoms. The first-order chi connectivity index (χ1) is 7.79. The van der Waals surface area contributed by atoms with Crippen LogP contribution in [0.4, 0.5) is 5.69 Å². The van der Waals surface area contributed by atoms with E-state index in [-0.39, 0.29) is 12.5 Å². The van der Waals surface area contributed by atoms with Crippen LogP contribution in [0.25, 0.3) is 0 Å². The standard InChI is InChI=1S/C11H15N3O2/c12-7-13-4-3-8-1-2-10-9(5-8)14-11(15)6-16-10/h1-2,5,13H,3-4,6-7,12H2,(H,14,15). The lowest BCUT2D eigenvalue weighted by molar-refractivity contribution is -0.118. The predicted molar refractivity (Wildman–Crippen MR) is 61.3 cm³/mol. The van der Waals surface area contributed by atoms with Crippen molar-refractivity contribution in [2.45, 2.75) is 6.42 Å². The zero-order chi connectivity index (χ0) is 11.4. The summed E-state index contributed by atoms with van der Waals surface area (Å²) < 4.78 is 5.27. The fraction of sp³-hybridized carbons (Fsp3) is 0.364. The molecule has 5 nitrogen and oxygen atoms in total. The van der Waals surface area contributed by atoms with Crippen molar-refractivity contribution in [3.05, 3.63) is 23.8 Å². The molecule has 0 radical (unpaired) electrons. The second-order valence-electron chi connectivity index (χ2n) is 3.62. The van der Waals surface area contributed by atoms with Crippen molar-refractivity contribution < 1.29 is 9.53 Å². The van der Waals surface area contributed by atoms with E-state index in [1.165, 1.54) is 0 Å². The molecule has 4 N–H and O–H groups in total. The summed E-state index contributed by atoms with van der Waals surface area (Å²) in [5.74, 6) is 0.625. The van der Waals surface area contributed by atoms with Gasteiger partial charge in [0.1, 0.15) is 5.75 Å². The normalized spacial score (nSPS) is 13.9. The zero-order valence-electron chi connectivity index (χ0n) is 8.95. The number of amides is 1. The molecular formula is C11H15N3O2. The Morgan fingerprint density at radius 1 is 1.50 bits per heavy atom. The van der Waals surface area contributed by atoms with E-state index in [4.69, 9.17) is 10.5 Å². The highest BCUT2D eigenvalue weighted by Gasteiger charge is 2.15. The number of fused-ring (bicyclic) bond motifs is 1. The molecule has 86 valence electrons. The third-order valence-electron chi connectivity index (χ3n) is 2.41. The Labute approximate surface area is 94.0 Å². The maximum Gasteiger partial charge on any atom is 0.262 e. The van der Waals surface area contributed by atoms with E-state index in [0.717, 1.165) is 30.0 Å². The average Bonchev–Trinajstić information content (AvgIpc) is 2.29. The minimum absolute atomic E-state index is 0.0983. The summed E-state index contributed by atoms with van der Waals surface area (Å²) in [7, 11) is 0. The second kappa shape index (κ2) is 4.96. The number of nitrogens with two attached hydrogens (primary N) is 1. The number of benzene rings is 1. The lowest BCUT2D eigenvalue weighted by atomic mass is 10.1. The Balaban J connectivity index is 2.06. The van der Waals surface area contributed by atoms with Crippen LogP contribution in [0.15, 0.2) is 18.2 Å². The van der Waals surface area contributed by atoms with Crippen molar-refractivity contribution >= 4 is 11.6 Å². The molecule has 0 saturated heterocycles.